The number of nitrogens with zero attached hydrogens (tertiary/aromatic N) is 4. The third-order valence-corrected chi connectivity index (χ3v) is 11.9. The van der Waals surface area contributed by atoms with Crippen molar-refractivity contribution in [3.63, 3.8) is 0 Å². The van der Waals surface area contributed by atoms with Gasteiger partial charge in [-0.05, 0) is 67.5 Å². The van der Waals surface area contributed by atoms with Crippen LogP contribution in [0.25, 0.3) is 0 Å². The van der Waals surface area contributed by atoms with Crippen molar-refractivity contribution in [3.05, 3.63) is 64.7 Å². The van der Waals surface area contributed by atoms with E-state index in [9.17, 15) is 9.59 Å². The van der Waals surface area contributed by atoms with Gasteiger partial charge in [0.15, 0.2) is 0 Å². The van der Waals surface area contributed by atoms with Gasteiger partial charge in [0, 0.05) is 81.8 Å². The van der Waals surface area contributed by atoms with Gasteiger partial charge in [-0.15, -0.1) is 0 Å². The molecule has 2 aliphatic heterocycles. The quantitative estimate of drug-likeness (QED) is 0.243. The number of hydrogen-bond acceptors (Lipinski definition) is 5. The molecule has 5 rings (SSSR count). The maximum absolute atomic E-state index is 14.4. The van der Waals surface area contributed by atoms with E-state index in [-0.39, 0.29) is 23.3 Å². The number of likely N-dealkylation sites (tertiary alicyclic amines) is 1. The maximum Gasteiger partial charge on any atom is 0.227 e. The molecule has 2 aromatic carbocycles. The highest BCUT2D eigenvalue weighted by atomic mass is 35.5. The van der Waals surface area contributed by atoms with Crippen LogP contribution in [0.1, 0.15) is 89.7 Å². The fourth-order valence-electron chi connectivity index (χ4n) is 8.53. The Balaban J connectivity index is 1.28. The molecular formula is C39H57ClN4O3. The van der Waals surface area contributed by atoms with Crippen LogP contribution in [-0.2, 0) is 16.1 Å². The standard InChI is InChI=1S/C39H57ClN4O3/c1-6-10-29(2)30(3)42-26-36(33-13-15-34(40)16-14-33)37(27-42)38(46)41-21-23-44(24-22-41)39(19-8-7-9-20-39)28-43(31(4)45)25-32-11-17-35(47-5)18-12-32/h11-18,29-30,36-37H,6-10,19-28H2,1-5H3/t29-,30?,36-,37+/m1/s1. The van der Waals surface area contributed by atoms with Gasteiger partial charge in [-0.2, -0.15) is 0 Å². The zero-order valence-corrected chi connectivity index (χ0v) is 30.2. The molecule has 3 aliphatic rings. The lowest BCUT2D eigenvalue weighted by atomic mass is 9.79. The maximum atomic E-state index is 14.4. The molecule has 7 nitrogen and oxygen atoms in total. The molecule has 0 radical (unpaired) electrons. The fourth-order valence-corrected chi connectivity index (χ4v) is 8.65. The second kappa shape index (κ2) is 16.2. The number of ether oxygens (including phenoxy) is 1. The van der Waals surface area contributed by atoms with Crippen molar-refractivity contribution >= 4 is 23.4 Å². The number of hydrogen-bond donors (Lipinski definition) is 0. The van der Waals surface area contributed by atoms with Gasteiger partial charge in [0.25, 0.3) is 0 Å². The van der Waals surface area contributed by atoms with Crippen LogP contribution >= 0.6 is 11.6 Å². The molecule has 2 aromatic rings. The van der Waals surface area contributed by atoms with Crippen LogP contribution in [0.4, 0.5) is 0 Å². The monoisotopic (exact) mass is 664 g/mol. The van der Waals surface area contributed by atoms with E-state index in [2.05, 4.69) is 59.7 Å². The number of halogens is 1. The van der Waals surface area contributed by atoms with Crippen LogP contribution in [-0.4, -0.2) is 95.9 Å². The van der Waals surface area contributed by atoms with Crippen LogP contribution in [0.5, 0.6) is 5.75 Å². The number of rotatable bonds is 12. The van der Waals surface area contributed by atoms with Crippen molar-refractivity contribution in [1.29, 1.82) is 0 Å². The fraction of sp³-hybridized carbons (Fsp3) is 0.641. The van der Waals surface area contributed by atoms with Gasteiger partial charge in [0.2, 0.25) is 11.8 Å². The highest BCUT2D eigenvalue weighted by Gasteiger charge is 2.45. The Morgan fingerprint density at radius 1 is 0.957 bits per heavy atom. The Hall–Kier alpha value is -2.61. The summed E-state index contributed by atoms with van der Waals surface area (Å²) in [4.78, 5) is 36.8. The first-order valence-electron chi connectivity index (χ1n) is 18.1. The Morgan fingerprint density at radius 2 is 1.62 bits per heavy atom. The summed E-state index contributed by atoms with van der Waals surface area (Å²) >= 11 is 6.27. The zero-order chi connectivity index (χ0) is 33.6. The highest BCUT2D eigenvalue weighted by molar-refractivity contribution is 6.30. The van der Waals surface area contributed by atoms with Gasteiger partial charge in [-0.3, -0.25) is 19.4 Å². The summed E-state index contributed by atoms with van der Waals surface area (Å²) in [5, 5.41) is 0.733. The SMILES string of the molecule is CCC[C@@H](C)C(C)N1C[C@H](C(=O)N2CCN(C3(CN(Cc4ccc(OC)cc4)C(C)=O)CCCCC3)CC2)[C@@H](c2ccc(Cl)cc2)C1. The van der Waals surface area contributed by atoms with E-state index in [1.165, 1.54) is 37.7 Å². The lowest BCUT2D eigenvalue weighted by molar-refractivity contribution is -0.139. The molecule has 0 N–H and O–H groups in total. The van der Waals surface area contributed by atoms with Crippen molar-refractivity contribution in [2.24, 2.45) is 11.8 Å². The zero-order valence-electron chi connectivity index (χ0n) is 29.4. The normalized spacial score (nSPS) is 23.3. The molecule has 1 saturated carbocycles. The molecule has 0 aromatic heterocycles. The molecule has 3 fully saturated rings. The van der Waals surface area contributed by atoms with E-state index < -0.39 is 0 Å². The molecule has 4 atom stereocenters. The third-order valence-electron chi connectivity index (χ3n) is 11.6. The molecule has 2 heterocycles. The minimum absolute atomic E-state index is 0.0492. The summed E-state index contributed by atoms with van der Waals surface area (Å²) in [6.07, 6.45) is 8.19. The summed E-state index contributed by atoms with van der Waals surface area (Å²) in [5.74, 6) is 1.94. The van der Waals surface area contributed by atoms with Crippen molar-refractivity contribution < 1.29 is 14.3 Å². The minimum Gasteiger partial charge on any atom is -0.497 e. The molecule has 2 saturated heterocycles. The van der Waals surface area contributed by atoms with Crippen LogP contribution in [0, 0.1) is 11.8 Å². The predicted octanol–water partition coefficient (Wildman–Crippen LogP) is 7.08. The largest absolute Gasteiger partial charge is 0.497 e. The first-order chi connectivity index (χ1) is 22.6. The average Bonchev–Trinajstić information content (AvgIpc) is 3.54. The summed E-state index contributed by atoms with van der Waals surface area (Å²) in [7, 11) is 1.67. The number of benzene rings is 2. The topological polar surface area (TPSA) is 56.3 Å². The number of carbonyl (C=O) groups is 2. The van der Waals surface area contributed by atoms with Crippen molar-refractivity contribution in [2.45, 2.75) is 96.7 Å². The number of amides is 2. The van der Waals surface area contributed by atoms with Crippen LogP contribution in [0.3, 0.4) is 0 Å². The van der Waals surface area contributed by atoms with E-state index in [1.807, 2.05) is 29.2 Å². The van der Waals surface area contributed by atoms with Crippen molar-refractivity contribution in [2.75, 3.05) is 52.9 Å². The summed E-state index contributed by atoms with van der Waals surface area (Å²) < 4.78 is 5.34. The van der Waals surface area contributed by atoms with Gasteiger partial charge in [0.05, 0.1) is 13.0 Å². The molecular weight excluding hydrogens is 608 g/mol. The molecule has 8 heteroatoms. The molecule has 47 heavy (non-hydrogen) atoms. The Morgan fingerprint density at radius 3 is 2.21 bits per heavy atom. The lowest BCUT2D eigenvalue weighted by Crippen LogP contribution is -2.63. The Bertz CT molecular complexity index is 1300. The first-order valence-corrected chi connectivity index (χ1v) is 18.4. The number of methoxy groups -OCH3 is 1. The lowest BCUT2D eigenvalue weighted by Gasteiger charge is -2.51. The molecule has 0 spiro atoms. The van der Waals surface area contributed by atoms with Crippen molar-refractivity contribution in [1.82, 2.24) is 19.6 Å². The van der Waals surface area contributed by atoms with Gasteiger partial charge in [-0.25, -0.2) is 0 Å². The van der Waals surface area contributed by atoms with E-state index in [1.54, 1.807) is 14.0 Å². The number of carbonyl (C=O) groups excluding carboxylic acids is 2. The summed E-state index contributed by atoms with van der Waals surface area (Å²) in [6.45, 7) is 14.9. The van der Waals surface area contributed by atoms with E-state index in [4.69, 9.17) is 16.3 Å². The van der Waals surface area contributed by atoms with Gasteiger partial charge in [0.1, 0.15) is 5.75 Å². The van der Waals surface area contributed by atoms with E-state index >= 15 is 0 Å². The van der Waals surface area contributed by atoms with E-state index in [0.717, 1.165) is 75.0 Å². The van der Waals surface area contributed by atoms with Crippen LogP contribution in [0.2, 0.25) is 5.02 Å². The van der Waals surface area contributed by atoms with Crippen molar-refractivity contribution in [3.8, 4) is 5.75 Å². The Kier molecular flexibility index (Phi) is 12.3. The second-order valence-electron chi connectivity index (χ2n) is 14.5. The first kappa shape index (κ1) is 35.7. The predicted molar refractivity (Wildman–Crippen MR) is 191 cm³/mol. The Labute approximate surface area is 288 Å². The molecule has 2 amide bonds. The third kappa shape index (κ3) is 8.52. The van der Waals surface area contributed by atoms with Gasteiger partial charge in [-0.1, -0.05) is 75.4 Å². The van der Waals surface area contributed by atoms with E-state index in [0.29, 0.717) is 24.4 Å². The molecule has 0 bridgehead atoms. The minimum atomic E-state index is -0.0552. The highest BCUT2D eigenvalue weighted by Crippen LogP contribution is 2.39. The second-order valence-corrected chi connectivity index (χ2v) is 15.0. The van der Waals surface area contributed by atoms with Crippen LogP contribution < -0.4 is 4.74 Å². The van der Waals surface area contributed by atoms with Crippen LogP contribution in [0.15, 0.2) is 48.5 Å². The van der Waals surface area contributed by atoms with Gasteiger partial charge >= 0.3 is 0 Å². The molecule has 258 valence electrons. The van der Waals surface area contributed by atoms with Gasteiger partial charge < -0.3 is 14.5 Å². The summed E-state index contributed by atoms with van der Waals surface area (Å²) in [6, 6.07) is 16.6. The molecule has 1 unspecified atom stereocenters. The number of piperazine rings is 1. The average molecular weight is 665 g/mol. The molecule has 1 aliphatic carbocycles. The smallest absolute Gasteiger partial charge is 0.227 e. The summed E-state index contributed by atoms with van der Waals surface area (Å²) in [5.41, 5.74) is 2.28.